The van der Waals surface area contributed by atoms with Crippen LogP contribution in [0.15, 0.2) is 22.7 Å². The first-order valence-corrected chi connectivity index (χ1v) is 10.2. The normalized spacial score (nSPS) is 19.9. The smallest absolute Gasteiger partial charge is 0.244 e. The summed E-state index contributed by atoms with van der Waals surface area (Å²) in [5.41, 5.74) is 1.20. The Morgan fingerprint density at radius 1 is 1.21 bits per heavy atom. The summed E-state index contributed by atoms with van der Waals surface area (Å²) in [6, 6.07) is 4.92. The number of hydrogen-bond donors (Lipinski definition) is 0. The molecule has 1 aromatic carbocycles. The van der Waals surface area contributed by atoms with Crippen LogP contribution in [0.3, 0.4) is 0 Å². The van der Waals surface area contributed by atoms with Gasteiger partial charge < -0.3 is 9.42 Å². The predicted octanol–water partition coefficient (Wildman–Crippen LogP) is 3.58. The molecule has 7 heteroatoms. The summed E-state index contributed by atoms with van der Waals surface area (Å²) in [5.74, 6) is 1.11. The summed E-state index contributed by atoms with van der Waals surface area (Å²) >= 11 is 0. The highest BCUT2D eigenvalue weighted by atomic mass is 19.1. The van der Waals surface area contributed by atoms with E-state index in [1.807, 2.05) is 11.8 Å². The molecule has 0 radical (unpaired) electrons. The van der Waals surface area contributed by atoms with Crippen molar-refractivity contribution >= 4 is 5.91 Å². The number of halogens is 1. The van der Waals surface area contributed by atoms with Gasteiger partial charge in [0.25, 0.3) is 0 Å². The number of piperidine rings is 1. The average Bonchev–Trinajstić information content (AvgIpc) is 3.41. The van der Waals surface area contributed by atoms with Gasteiger partial charge in [-0.3, -0.25) is 9.69 Å². The monoisotopic (exact) mass is 386 g/mol. The van der Waals surface area contributed by atoms with E-state index in [1.54, 1.807) is 19.1 Å². The Morgan fingerprint density at radius 2 is 1.93 bits per heavy atom. The van der Waals surface area contributed by atoms with Crippen molar-refractivity contribution in [3.8, 4) is 11.4 Å². The molecule has 28 heavy (non-hydrogen) atoms. The molecule has 2 aromatic rings. The molecular formula is C21H27FN4O2. The second kappa shape index (κ2) is 7.99. The van der Waals surface area contributed by atoms with Gasteiger partial charge >= 0.3 is 0 Å². The van der Waals surface area contributed by atoms with Crippen LogP contribution in [0.25, 0.3) is 11.4 Å². The van der Waals surface area contributed by atoms with E-state index in [9.17, 15) is 9.18 Å². The van der Waals surface area contributed by atoms with Crippen LogP contribution >= 0.6 is 0 Å². The maximum Gasteiger partial charge on any atom is 0.244 e. The minimum absolute atomic E-state index is 0.0283. The molecule has 2 aliphatic rings. The average molecular weight is 386 g/mol. The first-order valence-electron chi connectivity index (χ1n) is 10.2. The van der Waals surface area contributed by atoms with E-state index in [0.29, 0.717) is 28.7 Å². The van der Waals surface area contributed by atoms with Crippen LogP contribution in [-0.2, 0) is 4.79 Å². The van der Waals surface area contributed by atoms with E-state index in [-0.39, 0.29) is 17.8 Å². The van der Waals surface area contributed by atoms with Gasteiger partial charge in [0.1, 0.15) is 5.82 Å². The Kier molecular flexibility index (Phi) is 5.44. The van der Waals surface area contributed by atoms with E-state index < -0.39 is 0 Å². The molecule has 3 heterocycles. The van der Waals surface area contributed by atoms with Crippen LogP contribution in [0.2, 0.25) is 0 Å². The minimum Gasteiger partial charge on any atom is -0.342 e. The van der Waals surface area contributed by atoms with E-state index in [4.69, 9.17) is 4.52 Å². The lowest BCUT2D eigenvalue weighted by molar-refractivity contribution is -0.136. The summed E-state index contributed by atoms with van der Waals surface area (Å²) in [7, 11) is 0. The number of aromatic nitrogens is 2. The van der Waals surface area contributed by atoms with E-state index in [2.05, 4.69) is 15.0 Å². The van der Waals surface area contributed by atoms with Crippen LogP contribution in [0.1, 0.15) is 50.1 Å². The van der Waals surface area contributed by atoms with E-state index in [1.165, 1.54) is 6.07 Å². The Balaban J connectivity index is 1.37. The van der Waals surface area contributed by atoms with Crippen molar-refractivity contribution in [2.75, 3.05) is 26.2 Å². The maximum absolute atomic E-state index is 13.8. The molecule has 2 aliphatic heterocycles. The third kappa shape index (κ3) is 3.81. The molecule has 2 fully saturated rings. The Morgan fingerprint density at radius 3 is 2.61 bits per heavy atom. The summed E-state index contributed by atoms with van der Waals surface area (Å²) in [4.78, 5) is 21.4. The van der Waals surface area contributed by atoms with Crippen LogP contribution in [0.4, 0.5) is 4.39 Å². The summed E-state index contributed by atoms with van der Waals surface area (Å²) in [6.45, 7) is 7.26. The molecule has 150 valence electrons. The molecule has 0 saturated carbocycles. The molecule has 1 amide bonds. The van der Waals surface area contributed by atoms with Gasteiger partial charge in [0.15, 0.2) is 0 Å². The molecule has 1 aromatic heterocycles. The Hall–Kier alpha value is -2.28. The fourth-order valence-corrected chi connectivity index (χ4v) is 4.14. The van der Waals surface area contributed by atoms with Gasteiger partial charge in [0.2, 0.25) is 17.6 Å². The van der Waals surface area contributed by atoms with Crippen molar-refractivity contribution in [3.05, 3.63) is 35.5 Å². The van der Waals surface area contributed by atoms with Gasteiger partial charge in [-0.15, -0.1) is 0 Å². The number of aryl methyl sites for hydroxylation is 1. The highest BCUT2D eigenvalue weighted by molar-refractivity contribution is 5.79. The number of rotatable bonds is 4. The maximum atomic E-state index is 13.8. The van der Waals surface area contributed by atoms with Crippen molar-refractivity contribution in [2.45, 2.75) is 45.6 Å². The fourth-order valence-electron chi connectivity index (χ4n) is 4.14. The summed E-state index contributed by atoms with van der Waals surface area (Å²) in [6.07, 6.45) is 3.99. The molecule has 1 unspecified atom stereocenters. The van der Waals surface area contributed by atoms with Crippen molar-refractivity contribution in [3.63, 3.8) is 0 Å². The van der Waals surface area contributed by atoms with Gasteiger partial charge in [-0.1, -0.05) is 17.3 Å². The van der Waals surface area contributed by atoms with Crippen molar-refractivity contribution in [1.82, 2.24) is 19.9 Å². The molecule has 4 rings (SSSR count). The van der Waals surface area contributed by atoms with Gasteiger partial charge in [0, 0.05) is 24.6 Å². The van der Waals surface area contributed by atoms with Crippen molar-refractivity contribution in [2.24, 2.45) is 5.92 Å². The molecule has 1 atom stereocenters. The van der Waals surface area contributed by atoms with Crippen molar-refractivity contribution in [1.29, 1.82) is 0 Å². The Labute approximate surface area is 164 Å². The highest BCUT2D eigenvalue weighted by Crippen LogP contribution is 2.29. The molecule has 2 saturated heterocycles. The highest BCUT2D eigenvalue weighted by Gasteiger charge is 2.32. The number of carbonyl (C=O) groups excluding carboxylic acids is 1. The zero-order valence-electron chi connectivity index (χ0n) is 16.5. The lowest BCUT2D eigenvalue weighted by Gasteiger charge is -2.35. The molecule has 0 spiro atoms. The van der Waals surface area contributed by atoms with Crippen LogP contribution in [-0.4, -0.2) is 52.0 Å². The van der Waals surface area contributed by atoms with Crippen LogP contribution in [0.5, 0.6) is 0 Å². The third-order valence-electron chi connectivity index (χ3n) is 6.07. The van der Waals surface area contributed by atoms with Crippen LogP contribution < -0.4 is 0 Å². The molecule has 0 bridgehead atoms. The van der Waals surface area contributed by atoms with Gasteiger partial charge in [-0.2, -0.15) is 4.98 Å². The molecule has 0 aliphatic carbocycles. The standard InChI is InChI=1S/C21H27FN4O2/c1-14-5-6-17(13-18(14)22)19-23-20(28-24-19)15(2)25-11-7-16(8-12-25)21(27)26-9-3-4-10-26/h5-6,13,15-16H,3-4,7-12H2,1-2H3. The number of likely N-dealkylation sites (tertiary alicyclic amines) is 2. The minimum atomic E-state index is -0.276. The summed E-state index contributed by atoms with van der Waals surface area (Å²) in [5, 5.41) is 4.03. The van der Waals surface area contributed by atoms with Crippen molar-refractivity contribution < 1.29 is 13.7 Å². The number of benzene rings is 1. The largest absolute Gasteiger partial charge is 0.342 e. The van der Waals surface area contributed by atoms with Gasteiger partial charge in [-0.25, -0.2) is 4.39 Å². The summed E-state index contributed by atoms with van der Waals surface area (Å²) < 4.78 is 19.3. The van der Waals surface area contributed by atoms with Crippen LogP contribution in [0, 0.1) is 18.7 Å². The molecular weight excluding hydrogens is 359 g/mol. The Bertz CT molecular complexity index is 839. The second-order valence-electron chi connectivity index (χ2n) is 7.94. The van der Waals surface area contributed by atoms with Gasteiger partial charge in [-0.05, 0) is 64.3 Å². The fraction of sp³-hybridized carbons (Fsp3) is 0.571. The second-order valence-corrected chi connectivity index (χ2v) is 7.94. The number of hydrogen-bond acceptors (Lipinski definition) is 5. The van der Waals surface area contributed by atoms with E-state index >= 15 is 0 Å². The topological polar surface area (TPSA) is 62.5 Å². The molecule has 0 N–H and O–H groups in total. The van der Waals surface area contributed by atoms with Gasteiger partial charge in [0.05, 0.1) is 6.04 Å². The first-order chi connectivity index (χ1) is 13.5. The lowest BCUT2D eigenvalue weighted by Crippen LogP contribution is -2.42. The SMILES string of the molecule is Cc1ccc(-c2noc(C(C)N3CCC(C(=O)N4CCCC4)CC3)n2)cc1F. The number of nitrogens with zero attached hydrogens (tertiary/aromatic N) is 4. The first kappa shape index (κ1) is 19.1. The number of amides is 1. The lowest BCUT2D eigenvalue weighted by atomic mass is 9.94. The zero-order valence-corrected chi connectivity index (χ0v) is 16.5. The predicted molar refractivity (Wildman–Crippen MR) is 103 cm³/mol. The zero-order chi connectivity index (χ0) is 19.7. The van der Waals surface area contributed by atoms with E-state index in [0.717, 1.165) is 51.9 Å². The number of carbonyl (C=O) groups is 1. The third-order valence-corrected chi connectivity index (χ3v) is 6.07. The quantitative estimate of drug-likeness (QED) is 0.804. The molecule has 6 nitrogen and oxygen atoms in total.